The van der Waals surface area contributed by atoms with Gasteiger partial charge in [0.2, 0.25) is 0 Å². The third kappa shape index (κ3) is 2.38. The van der Waals surface area contributed by atoms with Gasteiger partial charge in [-0.3, -0.25) is 9.89 Å². The van der Waals surface area contributed by atoms with Crippen LogP contribution in [0, 0.1) is 5.92 Å². The predicted octanol–water partition coefficient (Wildman–Crippen LogP) is 1.49. The van der Waals surface area contributed by atoms with Crippen molar-refractivity contribution in [1.29, 1.82) is 0 Å². The molecule has 0 aliphatic carbocycles. The molecule has 102 valence electrons. The van der Waals surface area contributed by atoms with E-state index in [1.807, 2.05) is 6.34 Å². The second-order valence-corrected chi connectivity index (χ2v) is 5.57. The third-order valence-corrected chi connectivity index (χ3v) is 4.26. The largest absolute Gasteiger partial charge is 0.331 e. The molecule has 4 heteroatoms. The fraction of sp³-hybridized carbons (Fsp3) is 0.533. The van der Waals surface area contributed by atoms with E-state index in [1.165, 1.54) is 11.3 Å². The first kappa shape index (κ1) is 12.6. The lowest BCUT2D eigenvalue weighted by molar-refractivity contribution is 0.314. The van der Waals surface area contributed by atoms with Gasteiger partial charge in [0.1, 0.15) is 0 Å². The van der Waals surface area contributed by atoms with Crippen molar-refractivity contribution >= 4 is 12.0 Å². The number of hydrogen-bond acceptors (Lipinski definition) is 4. The molecule has 2 heterocycles. The summed E-state index contributed by atoms with van der Waals surface area (Å²) in [5.74, 6) is 0.621. The molecule has 19 heavy (non-hydrogen) atoms. The van der Waals surface area contributed by atoms with Gasteiger partial charge in [0.15, 0.2) is 0 Å². The summed E-state index contributed by atoms with van der Waals surface area (Å²) in [5.41, 5.74) is 8.55. The number of aliphatic imine (C=N–C) groups is 1. The number of nitrogens with zero attached hydrogens (tertiary/aromatic N) is 3. The van der Waals surface area contributed by atoms with Gasteiger partial charge in [-0.25, -0.2) is 0 Å². The minimum atomic E-state index is 0.485. The molecular weight excluding hydrogens is 236 g/mol. The standard InChI is InChI=1S/C15H22N4/c1-18-10-12(9-16)8-15(18)13-4-2-3-5-14(13)19-7-6-17-11-19/h2-5,11-12,15H,6-10,16H2,1H3. The van der Waals surface area contributed by atoms with Crippen molar-refractivity contribution in [3.8, 4) is 0 Å². The van der Waals surface area contributed by atoms with Crippen molar-refractivity contribution < 1.29 is 0 Å². The zero-order chi connectivity index (χ0) is 13.2. The van der Waals surface area contributed by atoms with Gasteiger partial charge in [-0.15, -0.1) is 0 Å². The summed E-state index contributed by atoms with van der Waals surface area (Å²) in [7, 11) is 2.20. The van der Waals surface area contributed by atoms with Gasteiger partial charge in [0, 0.05) is 24.8 Å². The van der Waals surface area contributed by atoms with Gasteiger partial charge < -0.3 is 10.6 Å². The Morgan fingerprint density at radius 1 is 1.37 bits per heavy atom. The summed E-state index contributed by atoms with van der Waals surface area (Å²) < 4.78 is 0. The summed E-state index contributed by atoms with van der Waals surface area (Å²) in [6.45, 7) is 3.78. The number of para-hydroxylation sites is 1. The lowest BCUT2D eigenvalue weighted by Crippen LogP contribution is -2.24. The monoisotopic (exact) mass is 258 g/mol. The Hall–Kier alpha value is -1.39. The van der Waals surface area contributed by atoms with Gasteiger partial charge in [-0.2, -0.15) is 0 Å². The van der Waals surface area contributed by atoms with Gasteiger partial charge in [-0.05, 0) is 37.6 Å². The van der Waals surface area contributed by atoms with Crippen molar-refractivity contribution in [3.05, 3.63) is 29.8 Å². The van der Waals surface area contributed by atoms with Crippen LogP contribution in [0.5, 0.6) is 0 Å². The second-order valence-electron chi connectivity index (χ2n) is 5.57. The van der Waals surface area contributed by atoms with Crippen LogP contribution in [0.15, 0.2) is 29.3 Å². The molecule has 1 fully saturated rings. The van der Waals surface area contributed by atoms with Crippen molar-refractivity contribution in [3.63, 3.8) is 0 Å². The SMILES string of the molecule is CN1CC(CN)CC1c1ccccc1N1C=NCC1. The van der Waals surface area contributed by atoms with Crippen molar-refractivity contribution in [1.82, 2.24) is 4.90 Å². The molecule has 0 aromatic heterocycles. The minimum absolute atomic E-state index is 0.485. The highest BCUT2D eigenvalue weighted by Gasteiger charge is 2.31. The molecule has 0 bridgehead atoms. The molecule has 0 radical (unpaired) electrons. The Kier molecular flexibility index (Phi) is 3.53. The van der Waals surface area contributed by atoms with Crippen LogP contribution in [0.2, 0.25) is 0 Å². The third-order valence-electron chi connectivity index (χ3n) is 4.26. The minimum Gasteiger partial charge on any atom is -0.331 e. The van der Waals surface area contributed by atoms with Gasteiger partial charge in [0.05, 0.1) is 12.9 Å². The summed E-state index contributed by atoms with van der Waals surface area (Å²) in [5, 5.41) is 0. The molecule has 2 atom stereocenters. The molecule has 0 saturated carbocycles. The zero-order valence-electron chi connectivity index (χ0n) is 11.5. The normalized spacial score (nSPS) is 27.4. The zero-order valence-corrected chi connectivity index (χ0v) is 11.5. The summed E-state index contributed by atoms with van der Waals surface area (Å²) in [6.07, 6.45) is 3.13. The number of anilines is 1. The maximum Gasteiger partial charge on any atom is 0.0895 e. The number of nitrogens with two attached hydrogens (primary N) is 1. The van der Waals surface area contributed by atoms with Gasteiger partial charge in [0.25, 0.3) is 0 Å². The Labute approximate surface area is 114 Å². The first-order valence-corrected chi connectivity index (χ1v) is 7.05. The van der Waals surface area contributed by atoms with Crippen LogP contribution in [-0.2, 0) is 0 Å². The van der Waals surface area contributed by atoms with Crippen molar-refractivity contribution in [2.75, 3.05) is 38.1 Å². The maximum atomic E-state index is 5.84. The summed E-state index contributed by atoms with van der Waals surface area (Å²) in [4.78, 5) is 9.02. The molecule has 1 saturated heterocycles. The van der Waals surface area contributed by atoms with E-state index in [4.69, 9.17) is 5.73 Å². The Morgan fingerprint density at radius 3 is 2.89 bits per heavy atom. The Balaban J connectivity index is 1.90. The first-order valence-electron chi connectivity index (χ1n) is 7.05. The van der Waals surface area contributed by atoms with E-state index in [1.54, 1.807) is 0 Å². The quantitative estimate of drug-likeness (QED) is 0.893. The van der Waals surface area contributed by atoms with Gasteiger partial charge >= 0.3 is 0 Å². The highest BCUT2D eigenvalue weighted by Crippen LogP contribution is 2.38. The number of rotatable bonds is 3. The highest BCUT2D eigenvalue weighted by molar-refractivity contribution is 5.82. The second kappa shape index (κ2) is 5.31. The van der Waals surface area contributed by atoms with E-state index in [9.17, 15) is 0 Å². The van der Waals surface area contributed by atoms with Crippen LogP contribution >= 0.6 is 0 Å². The smallest absolute Gasteiger partial charge is 0.0895 e. The van der Waals surface area contributed by atoms with E-state index in [0.29, 0.717) is 12.0 Å². The molecule has 4 nitrogen and oxygen atoms in total. The maximum absolute atomic E-state index is 5.84. The molecule has 2 N–H and O–H groups in total. The molecule has 2 aliphatic rings. The molecule has 0 amide bonds. The number of benzene rings is 1. The van der Waals surface area contributed by atoms with Crippen LogP contribution in [-0.4, -0.2) is 44.5 Å². The van der Waals surface area contributed by atoms with Crippen LogP contribution in [0.4, 0.5) is 5.69 Å². The number of hydrogen-bond donors (Lipinski definition) is 1. The highest BCUT2D eigenvalue weighted by atomic mass is 15.2. The Bertz CT molecular complexity index is 471. The molecule has 2 aliphatic heterocycles. The molecular formula is C15H22N4. The van der Waals surface area contributed by atoms with Crippen LogP contribution < -0.4 is 10.6 Å². The molecule has 0 spiro atoms. The van der Waals surface area contributed by atoms with Crippen LogP contribution in [0.25, 0.3) is 0 Å². The average Bonchev–Trinajstić information content (AvgIpc) is 3.08. The van der Waals surface area contributed by atoms with E-state index in [2.05, 4.69) is 46.1 Å². The molecule has 1 aromatic carbocycles. The predicted molar refractivity (Wildman–Crippen MR) is 79.7 cm³/mol. The fourth-order valence-electron chi connectivity index (χ4n) is 3.23. The van der Waals surface area contributed by atoms with Crippen LogP contribution in [0.1, 0.15) is 18.0 Å². The van der Waals surface area contributed by atoms with Crippen LogP contribution in [0.3, 0.4) is 0 Å². The lowest BCUT2D eigenvalue weighted by Gasteiger charge is -2.26. The lowest BCUT2D eigenvalue weighted by atomic mass is 9.98. The average molecular weight is 258 g/mol. The first-order chi connectivity index (χ1) is 9.29. The van der Waals surface area contributed by atoms with E-state index in [0.717, 1.165) is 32.6 Å². The number of likely N-dealkylation sites (tertiary alicyclic amines) is 1. The summed E-state index contributed by atoms with van der Waals surface area (Å²) in [6, 6.07) is 9.19. The van der Waals surface area contributed by atoms with Gasteiger partial charge in [-0.1, -0.05) is 18.2 Å². The molecule has 3 rings (SSSR count). The van der Waals surface area contributed by atoms with E-state index in [-0.39, 0.29) is 0 Å². The summed E-state index contributed by atoms with van der Waals surface area (Å²) >= 11 is 0. The van der Waals surface area contributed by atoms with Crippen molar-refractivity contribution in [2.45, 2.75) is 12.5 Å². The van der Waals surface area contributed by atoms with E-state index >= 15 is 0 Å². The van der Waals surface area contributed by atoms with E-state index < -0.39 is 0 Å². The Morgan fingerprint density at radius 2 is 2.21 bits per heavy atom. The van der Waals surface area contributed by atoms with Crippen molar-refractivity contribution in [2.24, 2.45) is 16.6 Å². The fourth-order valence-corrected chi connectivity index (χ4v) is 3.23. The molecule has 2 unspecified atom stereocenters. The topological polar surface area (TPSA) is 44.9 Å². The molecule has 1 aromatic rings.